The molecule has 2 aliphatic carbocycles. The first kappa shape index (κ1) is 14.4. The van der Waals surface area contributed by atoms with Crippen LogP contribution in [0.2, 0.25) is 0 Å². The third-order valence-electron chi connectivity index (χ3n) is 4.85. The van der Waals surface area contributed by atoms with E-state index in [1.54, 1.807) is 0 Å². The minimum atomic E-state index is -0.109. The van der Waals surface area contributed by atoms with E-state index in [2.05, 4.69) is 0 Å². The molecule has 0 aromatic heterocycles. The van der Waals surface area contributed by atoms with Gasteiger partial charge < -0.3 is 9.64 Å². The smallest absolute Gasteiger partial charge is 0.305 e. The van der Waals surface area contributed by atoms with E-state index in [1.165, 1.54) is 13.5 Å². The van der Waals surface area contributed by atoms with Crippen molar-refractivity contribution in [2.75, 3.05) is 14.2 Å². The summed E-state index contributed by atoms with van der Waals surface area (Å²) >= 11 is 0. The van der Waals surface area contributed by atoms with Crippen LogP contribution < -0.4 is 0 Å². The second kappa shape index (κ2) is 6.40. The summed E-state index contributed by atoms with van der Waals surface area (Å²) in [5.41, 5.74) is 0. The molecule has 2 saturated carbocycles. The molecule has 0 aliphatic heterocycles. The summed E-state index contributed by atoms with van der Waals surface area (Å²) in [6, 6.07) is 0.377. The van der Waals surface area contributed by atoms with E-state index in [1.807, 2.05) is 11.9 Å². The van der Waals surface area contributed by atoms with Crippen LogP contribution in [-0.2, 0) is 14.3 Å². The van der Waals surface area contributed by atoms with Gasteiger partial charge >= 0.3 is 5.97 Å². The van der Waals surface area contributed by atoms with Crippen LogP contribution in [0.25, 0.3) is 0 Å². The molecule has 0 N–H and O–H groups in total. The number of rotatable bonds is 4. The Kier molecular flexibility index (Phi) is 4.83. The van der Waals surface area contributed by atoms with Crippen LogP contribution >= 0.6 is 0 Å². The topological polar surface area (TPSA) is 46.6 Å². The molecule has 0 spiro atoms. The van der Waals surface area contributed by atoms with Crippen molar-refractivity contribution in [1.82, 2.24) is 4.90 Å². The molecular formula is C15H25NO3. The summed E-state index contributed by atoms with van der Waals surface area (Å²) in [6.07, 6.45) is 7.98. The highest BCUT2D eigenvalue weighted by atomic mass is 16.5. The highest BCUT2D eigenvalue weighted by molar-refractivity contribution is 5.79. The van der Waals surface area contributed by atoms with Crippen LogP contribution in [0.3, 0.4) is 0 Å². The lowest BCUT2D eigenvalue weighted by molar-refractivity contribution is -0.143. The minimum Gasteiger partial charge on any atom is -0.469 e. The van der Waals surface area contributed by atoms with Gasteiger partial charge in [0.25, 0.3) is 0 Å². The minimum absolute atomic E-state index is 0.109. The Bertz CT molecular complexity index is 330. The highest BCUT2D eigenvalue weighted by Crippen LogP contribution is 2.33. The first-order valence-electron chi connectivity index (χ1n) is 7.45. The van der Waals surface area contributed by atoms with Gasteiger partial charge in [0.2, 0.25) is 5.91 Å². The fourth-order valence-electron chi connectivity index (χ4n) is 3.18. The number of ether oxygens (including phenoxy) is 1. The van der Waals surface area contributed by atoms with Crippen molar-refractivity contribution in [3.63, 3.8) is 0 Å². The van der Waals surface area contributed by atoms with Gasteiger partial charge in [-0.15, -0.1) is 0 Å². The number of esters is 1. The van der Waals surface area contributed by atoms with Gasteiger partial charge in [-0.05, 0) is 44.4 Å². The Labute approximate surface area is 115 Å². The van der Waals surface area contributed by atoms with Gasteiger partial charge in [0.05, 0.1) is 7.11 Å². The Balaban J connectivity index is 1.75. The standard InChI is InChI=1S/C15H25NO3/c1-16(15(18)12-4-3-5-12)13-8-6-11(7-9-13)10-14(17)19-2/h11-13H,3-10H2,1-2H3. The zero-order chi connectivity index (χ0) is 13.8. The Morgan fingerprint density at radius 2 is 1.74 bits per heavy atom. The van der Waals surface area contributed by atoms with E-state index >= 15 is 0 Å². The SMILES string of the molecule is COC(=O)CC1CCC(N(C)C(=O)C2CCC2)CC1. The van der Waals surface area contributed by atoms with Crippen LogP contribution in [0.5, 0.6) is 0 Å². The van der Waals surface area contributed by atoms with Crippen molar-refractivity contribution in [1.29, 1.82) is 0 Å². The van der Waals surface area contributed by atoms with Crippen LogP contribution in [0, 0.1) is 11.8 Å². The zero-order valence-corrected chi connectivity index (χ0v) is 12.1. The Morgan fingerprint density at radius 1 is 1.11 bits per heavy atom. The fourth-order valence-corrected chi connectivity index (χ4v) is 3.18. The van der Waals surface area contributed by atoms with Gasteiger partial charge in [-0.2, -0.15) is 0 Å². The predicted molar refractivity (Wildman–Crippen MR) is 72.5 cm³/mol. The number of amides is 1. The van der Waals surface area contributed by atoms with E-state index in [4.69, 9.17) is 4.74 Å². The maximum absolute atomic E-state index is 12.2. The lowest BCUT2D eigenvalue weighted by Gasteiger charge is -2.38. The highest BCUT2D eigenvalue weighted by Gasteiger charge is 2.33. The van der Waals surface area contributed by atoms with Crippen LogP contribution in [0.4, 0.5) is 0 Å². The fraction of sp³-hybridized carbons (Fsp3) is 0.867. The van der Waals surface area contributed by atoms with E-state index in [9.17, 15) is 9.59 Å². The van der Waals surface area contributed by atoms with Crippen molar-refractivity contribution in [3.8, 4) is 0 Å². The summed E-state index contributed by atoms with van der Waals surface area (Å²) < 4.78 is 4.72. The molecule has 4 heteroatoms. The van der Waals surface area contributed by atoms with E-state index in [0.29, 0.717) is 24.3 Å². The van der Waals surface area contributed by atoms with Crippen molar-refractivity contribution in [3.05, 3.63) is 0 Å². The molecule has 0 heterocycles. The van der Waals surface area contributed by atoms with E-state index in [-0.39, 0.29) is 11.9 Å². The zero-order valence-electron chi connectivity index (χ0n) is 12.1. The molecule has 0 atom stereocenters. The van der Waals surface area contributed by atoms with Crippen LogP contribution in [0.15, 0.2) is 0 Å². The molecule has 0 aromatic carbocycles. The maximum Gasteiger partial charge on any atom is 0.305 e. The van der Waals surface area contributed by atoms with E-state index < -0.39 is 0 Å². The first-order chi connectivity index (χ1) is 9.11. The van der Waals surface area contributed by atoms with Crippen LogP contribution in [0.1, 0.15) is 51.4 Å². The molecule has 0 saturated heterocycles. The van der Waals surface area contributed by atoms with Gasteiger partial charge in [0, 0.05) is 25.4 Å². The molecule has 19 heavy (non-hydrogen) atoms. The van der Waals surface area contributed by atoms with Gasteiger partial charge in [0.15, 0.2) is 0 Å². The van der Waals surface area contributed by atoms with Crippen molar-refractivity contribution < 1.29 is 14.3 Å². The largest absolute Gasteiger partial charge is 0.469 e. The first-order valence-corrected chi connectivity index (χ1v) is 7.45. The second-order valence-electron chi connectivity index (χ2n) is 6.03. The molecule has 2 rings (SSSR count). The average Bonchev–Trinajstić information content (AvgIpc) is 2.36. The lowest BCUT2D eigenvalue weighted by atomic mass is 9.81. The lowest BCUT2D eigenvalue weighted by Crippen LogP contribution is -2.44. The Morgan fingerprint density at radius 3 is 2.21 bits per heavy atom. The Hall–Kier alpha value is -1.06. The molecule has 0 bridgehead atoms. The summed E-state index contributed by atoms with van der Waals surface area (Å²) in [5, 5.41) is 0. The molecule has 2 fully saturated rings. The molecule has 4 nitrogen and oxygen atoms in total. The van der Waals surface area contributed by atoms with Gasteiger partial charge in [-0.1, -0.05) is 6.42 Å². The van der Waals surface area contributed by atoms with Crippen molar-refractivity contribution in [2.24, 2.45) is 11.8 Å². The predicted octanol–water partition coefficient (Wildman–Crippen LogP) is 2.37. The van der Waals surface area contributed by atoms with Crippen molar-refractivity contribution >= 4 is 11.9 Å². The normalized spacial score (nSPS) is 27.5. The molecule has 2 aliphatic rings. The quantitative estimate of drug-likeness (QED) is 0.735. The molecule has 0 aromatic rings. The number of nitrogens with zero attached hydrogens (tertiary/aromatic N) is 1. The van der Waals surface area contributed by atoms with Gasteiger partial charge in [-0.3, -0.25) is 9.59 Å². The van der Waals surface area contributed by atoms with Gasteiger partial charge in [0.1, 0.15) is 0 Å². The number of carbonyl (C=O) groups excluding carboxylic acids is 2. The number of methoxy groups -OCH3 is 1. The summed E-state index contributed by atoms with van der Waals surface area (Å²) in [4.78, 5) is 25.4. The van der Waals surface area contributed by atoms with Crippen molar-refractivity contribution in [2.45, 2.75) is 57.4 Å². The molecular weight excluding hydrogens is 242 g/mol. The number of carbonyl (C=O) groups is 2. The average molecular weight is 267 g/mol. The third kappa shape index (κ3) is 3.48. The van der Waals surface area contributed by atoms with Crippen LogP contribution in [-0.4, -0.2) is 37.0 Å². The summed E-state index contributed by atoms with van der Waals surface area (Å²) in [6.45, 7) is 0. The number of hydrogen-bond acceptors (Lipinski definition) is 3. The molecule has 0 radical (unpaired) electrons. The van der Waals surface area contributed by atoms with Gasteiger partial charge in [-0.25, -0.2) is 0 Å². The summed E-state index contributed by atoms with van der Waals surface area (Å²) in [5.74, 6) is 0.957. The maximum atomic E-state index is 12.2. The monoisotopic (exact) mass is 267 g/mol. The molecule has 108 valence electrons. The molecule has 0 unspecified atom stereocenters. The second-order valence-corrected chi connectivity index (χ2v) is 6.03. The van der Waals surface area contributed by atoms with E-state index in [0.717, 1.165) is 38.5 Å². The summed E-state index contributed by atoms with van der Waals surface area (Å²) in [7, 11) is 3.39. The third-order valence-corrected chi connectivity index (χ3v) is 4.85. The molecule has 1 amide bonds. The number of hydrogen-bond donors (Lipinski definition) is 0.